The van der Waals surface area contributed by atoms with E-state index < -0.39 is 0 Å². The Morgan fingerprint density at radius 3 is 1.47 bits per heavy atom. The Kier molecular flexibility index (Phi) is 14.4. The largest absolute Gasteiger partial charge is 1.00 e. The van der Waals surface area contributed by atoms with Crippen molar-refractivity contribution in [3.05, 3.63) is 76.9 Å². The van der Waals surface area contributed by atoms with Crippen molar-refractivity contribution in [3.8, 4) is 0 Å². The van der Waals surface area contributed by atoms with E-state index in [1.165, 1.54) is 100 Å². The molecule has 3 aromatic carbocycles. The van der Waals surface area contributed by atoms with Crippen molar-refractivity contribution in [1.82, 2.24) is 0 Å². The quantitative estimate of drug-likeness (QED) is 0.368. The number of allylic oxidation sites excluding steroid dienone is 4. The van der Waals surface area contributed by atoms with Gasteiger partial charge in [0.1, 0.15) is 0 Å². The third-order valence-corrected chi connectivity index (χ3v) is 8.14. The summed E-state index contributed by atoms with van der Waals surface area (Å²) in [5, 5.41) is 6.00. The maximum atomic E-state index is 2.99. The fourth-order valence-electron chi connectivity index (χ4n) is 6.31. The first-order chi connectivity index (χ1) is 17.4. The first-order valence-corrected chi connectivity index (χ1v) is 15.5. The van der Waals surface area contributed by atoms with Crippen LogP contribution in [0.15, 0.2) is 48.6 Å². The average molecular weight is 627 g/mol. The number of hydrogen-bond donors (Lipinski definition) is 0. The van der Waals surface area contributed by atoms with Crippen molar-refractivity contribution in [2.75, 3.05) is 0 Å². The Morgan fingerprint density at radius 2 is 1.16 bits per heavy atom. The van der Waals surface area contributed by atoms with Crippen molar-refractivity contribution in [2.45, 2.75) is 110 Å². The summed E-state index contributed by atoms with van der Waals surface area (Å²) in [5.41, 5.74) is 6.16. The second-order valence-electron chi connectivity index (χ2n) is 11.4. The van der Waals surface area contributed by atoms with Gasteiger partial charge in [-0.3, -0.25) is 6.08 Å². The van der Waals surface area contributed by atoms with E-state index in [0.29, 0.717) is 0 Å². The van der Waals surface area contributed by atoms with Crippen molar-refractivity contribution < 1.29 is 49.0 Å². The molecule has 3 heteroatoms. The Bertz CT molecular complexity index is 1140. The Balaban J connectivity index is 0.000000398. The van der Waals surface area contributed by atoms with Crippen molar-refractivity contribution in [1.29, 1.82) is 0 Å². The Morgan fingerprint density at radius 1 is 0.737 bits per heavy atom. The molecule has 0 atom stereocenters. The second kappa shape index (κ2) is 16.4. The van der Waals surface area contributed by atoms with Gasteiger partial charge in [0.05, 0.1) is 0 Å². The third-order valence-electron chi connectivity index (χ3n) is 8.14. The summed E-state index contributed by atoms with van der Waals surface area (Å²) < 4.78 is 1.51. The first-order valence-electron chi connectivity index (χ1n) is 14.3. The fraction of sp³-hybridized carbons (Fsp3) is 0.486. The van der Waals surface area contributed by atoms with E-state index in [9.17, 15) is 0 Å². The summed E-state index contributed by atoms with van der Waals surface area (Å²) in [7, 11) is 0. The number of fused-ring (bicyclic) bond motifs is 3. The van der Waals surface area contributed by atoms with E-state index in [0.717, 1.165) is 18.3 Å². The normalized spacial score (nSPS) is 17.2. The zero-order valence-electron chi connectivity index (χ0n) is 23.8. The molecule has 38 heavy (non-hydrogen) atoms. The van der Waals surface area contributed by atoms with Gasteiger partial charge < -0.3 is 24.8 Å². The molecule has 0 unspecified atom stereocenters. The van der Waals surface area contributed by atoms with Crippen LogP contribution < -0.4 is 24.8 Å². The van der Waals surface area contributed by atoms with Crippen LogP contribution in [0.2, 0.25) is 0 Å². The molecule has 0 saturated heterocycles. The molecule has 2 fully saturated rings. The van der Waals surface area contributed by atoms with Crippen LogP contribution in [0.1, 0.15) is 119 Å². The minimum Gasteiger partial charge on any atom is -1.00 e. The SMILES string of the molecule is C[C](C)=[Zr+2].Cc1cc(C2CCCCC2)cc2c1[cH-]c1c(C)cc(C3CCCCC3)cc12.[C-]1=CC=CC1.[Cl-].[Cl-]. The molecule has 204 valence electrons. The molecule has 0 heterocycles. The van der Waals surface area contributed by atoms with Gasteiger partial charge in [0.2, 0.25) is 0 Å². The van der Waals surface area contributed by atoms with Crippen LogP contribution >= 0.6 is 0 Å². The van der Waals surface area contributed by atoms with Gasteiger partial charge in [-0.1, -0.05) is 87.8 Å². The molecule has 0 aliphatic heterocycles. The minimum atomic E-state index is 0. The van der Waals surface area contributed by atoms with Gasteiger partial charge in [-0.25, -0.2) is 12.2 Å². The van der Waals surface area contributed by atoms with E-state index in [1.807, 2.05) is 12.2 Å². The smallest absolute Gasteiger partial charge is 0.0175 e. The van der Waals surface area contributed by atoms with Crippen LogP contribution in [-0.2, 0) is 24.2 Å². The molecule has 0 aromatic heterocycles. The summed E-state index contributed by atoms with van der Waals surface area (Å²) in [4.78, 5) is 0. The Labute approximate surface area is 259 Å². The molecule has 6 rings (SSSR count). The molecular formula is C35H44Cl2Zr-2. The summed E-state index contributed by atoms with van der Waals surface area (Å²) in [5.74, 6) is 1.57. The molecule has 2 saturated carbocycles. The zero-order chi connectivity index (χ0) is 25.5. The zero-order valence-corrected chi connectivity index (χ0v) is 27.8. The molecule has 0 spiro atoms. The van der Waals surface area contributed by atoms with E-state index >= 15 is 0 Å². The molecular weight excluding hydrogens is 583 g/mol. The number of hydrogen-bond acceptors (Lipinski definition) is 0. The van der Waals surface area contributed by atoms with E-state index in [-0.39, 0.29) is 24.8 Å². The summed E-state index contributed by atoms with van der Waals surface area (Å²) >= 11 is 1.55. The van der Waals surface area contributed by atoms with E-state index in [1.54, 1.807) is 35.4 Å². The van der Waals surface area contributed by atoms with Gasteiger partial charge in [0, 0.05) is 0 Å². The van der Waals surface area contributed by atoms with Crippen LogP contribution in [-0.4, -0.2) is 3.21 Å². The number of rotatable bonds is 2. The third kappa shape index (κ3) is 8.81. The standard InChI is InChI=1S/C27H33.C5H5.C3H6.2ClH.Zr/c1-18-13-22(20-9-5-3-6-10-20)15-26-24(18)17-25-19(2)14-23(16-27(25)26)21-11-7-4-8-12-21;1-2-4-5-3-1;1-3-2;;;/h13-17,20-21H,3-12H2,1-2H3;1-3H,4H2;1-2H3;2*1H;/q2*-1;;;;+2/p-2. The van der Waals surface area contributed by atoms with Gasteiger partial charge in [0.25, 0.3) is 0 Å². The van der Waals surface area contributed by atoms with Crippen LogP contribution in [0, 0.1) is 19.9 Å². The van der Waals surface area contributed by atoms with Crippen molar-refractivity contribution in [3.63, 3.8) is 0 Å². The van der Waals surface area contributed by atoms with Gasteiger partial charge >= 0.3 is 41.3 Å². The second-order valence-corrected chi connectivity index (χ2v) is 13.9. The maximum Gasteiger partial charge on any atom is -0.0175 e. The van der Waals surface area contributed by atoms with Gasteiger partial charge in [0.15, 0.2) is 0 Å². The van der Waals surface area contributed by atoms with Crippen LogP contribution in [0.25, 0.3) is 21.5 Å². The van der Waals surface area contributed by atoms with Gasteiger partial charge in [-0.2, -0.15) is 6.08 Å². The minimum absolute atomic E-state index is 0. The van der Waals surface area contributed by atoms with Crippen LogP contribution in [0.3, 0.4) is 0 Å². The Hall–Kier alpha value is -0.877. The summed E-state index contributed by atoms with van der Waals surface area (Å²) in [6, 6.07) is 12.6. The van der Waals surface area contributed by atoms with Crippen molar-refractivity contribution in [2.24, 2.45) is 0 Å². The number of aryl methyl sites for hydroxylation is 2. The van der Waals surface area contributed by atoms with Gasteiger partial charge in [-0.15, -0.1) is 45.2 Å². The van der Waals surface area contributed by atoms with Crippen LogP contribution in [0.4, 0.5) is 0 Å². The molecule has 0 bridgehead atoms. The molecule has 3 aliphatic carbocycles. The average Bonchev–Trinajstić information content (AvgIpc) is 3.58. The molecule has 0 nitrogen and oxygen atoms in total. The molecule has 3 aliphatic rings. The topological polar surface area (TPSA) is 0 Å². The van der Waals surface area contributed by atoms with E-state index in [4.69, 9.17) is 0 Å². The van der Waals surface area contributed by atoms with E-state index in [2.05, 4.69) is 70.2 Å². The fourth-order valence-corrected chi connectivity index (χ4v) is 6.31. The van der Waals surface area contributed by atoms with Gasteiger partial charge in [-0.05, 0) is 37.5 Å². The summed E-state index contributed by atoms with van der Waals surface area (Å²) in [6.07, 6.45) is 24.0. The monoisotopic (exact) mass is 624 g/mol. The maximum absolute atomic E-state index is 2.99. The first kappa shape index (κ1) is 33.3. The summed E-state index contributed by atoms with van der Waals surface area (Å²) in [6.45, 7) is 8.90. The predicted molar refractivity (Wildman–Crippen MR) is 156 cm³/mol. The molecule has 0 amide bonds. The number of halogens is 2. The molecule has 3 aromatic rings. The molecule has 0 N–H and O–H groups in total. The van der Waals surface area contributed by atoms with Crippen molar-refractivity contribution >= 4 is 24.8 Å². The molecule has 0 radical (unpaired) electrons. The number of benzene rings is 2. The predicted octanol–water partition coefficient (Wildman–Crippen LogP) is 4.48. The van der Waals surface area contributed by atoms with Crippen LogP contribution in [0.5, 0.6) is 0 Å².